The van der Waals surface area contributed by atoms with Crippen LogP contribution in [0.25, 0.3) is 0 Å². The molecular formula is C37H44N4O5S. The maximum absolute atomic E-state index is 13.9. The van der Waals surface area contributed by atoms with E-state index in [2.05, 4.69) is 10.6 Å². The fourth-order valence-corrected chi connectivity index (χ4v) is 5.76. The molecule has 4 rings (SSSR count). The molecule has 0 aromatic heterocycles. The average Bonchev–Trinajstić information content (AvgIpc) is 3.09. The summed E-state index contributed by atoms with van der Waals surface area (Å²) in [4.78, 5) is 29.2. The van der Waals surface area contributed by atoms with Gasteiger partial charge in [0.05, 0.1) is 30.1 Å². The average molecular weight is 657 g/mol. The fourth-order valence-electron chi connectivity index (χ4n) is 5.28. The first kappa shape index (κ1) is 35.3. The Morgan fingerprint density at radius 1 is 0.787 bits per heavy atom. The van der Waals surface area contributed by atoms with Gasteiger partial charge >= 0.3 is 0 Å². The summed E-state index contributed by atoms with van der Waals surface area (Å²) in [5, 5.41) is 17.7. The molecule has 0 heterocycles. The molecule has 4 aromatic carbocycles. The monoisotopic (exact) mass is 656 g/mol. The van der Waals surface area contributed by atoms with Crippen LogP contribution < -0.4 is 14.9 Å². The quantitative estimate of drug-likeness (QED) is 0.177. The minimum atomic E-state index is -3.71. The van der Waals surface area contributed by atoms with Gasteiger partial charge in [-0.25, -0.2) is 8.42 Å². The van der Waals surface area contributed by atoms with Crippen molar-refractivity contribution in [2.75, 3.05) is 31.2 Å². The molecular weight excluding hydrogens is 612 g/mol. The molecule has 47 heavy (non-hydrogen) atoms. The van der Waals surface area contributed by atoms with Gasteiger partial charge in [-0.15, -0.1) is 0 Å². The van der Waals surface area contributed by atoms with Crippen molar-refractivity contribution in [1.82, 2.24) is 15.5 Å². The lowest BCUT2D eigenvalue weighted by Gasteiger charge is -2.28. The normalized spacial score (nSPS) is 14.0. The molecule has 0 saturated heterocycles. The first-order chi connectivity index (χ1) is 22.3. The van der Waals surface area contributed by atoms with Gasteiger partial charge in [-0.2, -0.15) is 0 Å². The van der Waals surface area contributed by atoms with Crippen LogP contribution in [0.4, 0.5) is 5.69 Å². The predicted octanol–water partition coefficient (Wildman–Crippen LogP) is 4.97. The lowest BCUT2D eigenvalue weighted by molar-refractivity contribution is 0.0742. The van der Waals surface area contributed by atoms with Crippen LogP contribution in [0, 0.1) is 0 Å². The predicted molar refractivity (Wildman–Crippen MR) is 187 cm³/mol. The molecule has 4 aromatic rings. The number of rotatable bonds is 14. The van der Waals surface area contributed by atoms with Crippen LogP contribution in [0.1, 0.15) is 63.3 Å². The second-order valence-corrected chi connectivity index (χ2v) is 13.9. The number of hydrogen-bond acceptors (Lipinski definition) is 6. The van der Waals surface area contributed by atoms with E-state index < -0.39 is 28.1 Å². The largest absolute Gasteiger partial charge is 0.390 e. The van der Waals surface area contributed by atoms with Crippen LogP contribution in [-0.4, -0.2) is 69.3 Å². The molecule has 9 nitrogen and oxygen atoms in total. The summed E-state index contributed by atoms with van der Waals surface area (Å²) in [6.07, 6.45) is 0.438. The van der Waals surface area contributed by atoms with Crippen molar-refractivity contribution < 1.29 is 23.1 Å². The molecule has 0 spiro atoms. The summed E-state index contributed by atoms with van der Waals surface area (Å²) in [5.74, 6) is -0.920. The summed E-state index contributed by atoms with van der Waals surface area (Å²) in [6.45, 7) is 4.11. The highest BCUT2D eigenvalue weighted by molar-refractivity contribution is 7.92. The lowest BCUT2D eigenvalue weighted by atomic mass is 9.99. The second-order valence-electron chi connectivity index (χ2n) is 11.9. The topological polar surface area (TPSA) is 119 Å². The number of amides is 2. The summed E-state index contributed by atoms with van der Waals surface area (Å²) in [5.41, 5.74) is 3.34. The Balaban J connectivity index is 1.63. The van der Waals surface area contributed by atoms with Crippen molar-refractivity contribution in [2.24, 2.45) is 0 Å². The number of carbonyl (C=O) groups is 2. The maximum Gasteiger partial charge on any atom is 0.254 e. The highest BCUT2D eigenvalue weighted by Crippen LogP contribution is 2.25. The number of carbonyl (C=O) groups excluding carboxylic acids is 2. The molecule has 10 heteroatoms. The molecule has 0 fully saturated rings. The number of sulfonamides is 1. The molecule has 248 valence electrons. The van der Waals surface area contributed by atoms with Gasteiger partial charge in [0.2, 0.25) is 10.0 Å². The number of benzene rings is 4. The summed E-state index contributed by atoms with van der Waals surface area (Å²) in [6, 6.07) is 32.3. The van der Waals surface area contributed by atoms with E-state index in [1.807, 2.05) is 105 Å². The van der Waals surface area contributed by atoms with E-state index in [4.69, 9.17) is 0 Å². The zero-order chi connectivity index (χ0) is 34.1. The van der Waals surface area contributed by atoms with Crippen molar-refractivity contribution in [3.63, 3.8) is 0 Å². The maximum atomic E-state index is 13.9. The van der Waals surface area contributed by atoms with Crippen molar-refractivity contribution >= 4 is 27.5 Å². The van der Waals surface area contributed by atoms with E-state index in [0.29, 0.717) is 6.42 Å². The van der Waals surface area contributed by atoms with Crippen molar-refractivity contribution in [2.45, 2.75) is 44.5 Å². The van der Waals surface area contributed by atoms with E-state index >= 15 is 0 Å². The Labute approximate surface area is 278 Å². The minimum absolute atomic E-state index is 0.0361. The molecule has 0 aliphatic heterocycles. The first-order valence-corrected chi connectivity index (χ1v) is 17.4. The van der Waals surface area contributed by atoms with Gasteiger partial charge in [-0.3, -0.25) is 13.9 Å². The second kappa shape index (κ2) is 15.9. The van der Waals surface area contributed by atoms with Gasteiger partial charge < -0.3 is 20.6 Å². The van der Waals surface area contributed by atoms with E-state index in [1.165, 1.54) is 25.2 Å². The third-order valence-corrected chi connectivity index (χ3v) is 9.69. The number of hydrogen-bond donors (Lipinski definition) is 3. The number of nitrogens with one attached hydrogen (secondary N) is 2. The van der Waals surface area contributed by atoms with Crippen LogP contribution >= 0.6 is 0 Å². The molecule has 0 aliphatic rings. The van der Waals surface area contributed by atoms with Gasteiger partial charge in [-0.1, -0.05) is 91.0 Å². The summed E-state index contributed by atoms with van der Waals surface area (Å²) < 4.78 is 26.1. The van der Waals surface area contributed by atoms with E-state index in [9.17, 15) is 23.1 Å². The minimum Gasteiger partial charge on any atom is -0.390 e. The zero-order valence-electron chi connectivity index (χ0n) is 27.5. The van der Waals surface area contributed by atoms with Crippen molar-refractivity contribution in [3.05, 3.63) is 137 Å². The van der Waals surface area contributed by atoms with E-state index in [0.717, 1.165) is 27.3 Å². The van der Waals surface area contributed by atoms with Crippen LogP contribution in [0.15, 0.2) is 109 Å². The molecule has 0 radical (unpaired) electrons. The Bertz CT molecular complexity index is 1740. The van der Waals surface area contributed by atoms with Gasteiger partial charge in [-0.05, 0) is 55.2 Å². The standard InChI is InChI=1S/C37H44N4O5S/c1-26(29-17-11-7-12-18-29)38-25-35(42)34(21-28-15-9-6-10-16-28)39-36(43)31-22-32(24-33(23-31)41(4)47(5,45)46)37(44)40(3)27(2)30-19-13-8-14-20-30/h6-20,22-24,26-27,34-35,38,42H,21,25H2,1-5H3,(H,39,43)/t26-,27-,34-,35+/m0/s1. The molecule has 0 unspecified atom stereocenters. The molecule has 0 saturated carbocycles. The van der Waals surface area contributed by atoms with Crippen LogP contribution in [0.5, 0.6) is 0 Å². The molecule has 4 atom stereocenters. The fraction of sp³-hybridized carbons (Fsp3) is 0.297. The SMILES string of the molecule is C[C@H](NC[C@@H](O)[C@H](Cc1ccccc1)NC(=O)c1cc(C(=O)N(C)[C@@H](C)c2ccccc2)cc(N(C)S(C)(=O)=O)c1)c1ccccc1. The Morgan fingerprint density at radius 2 is 1.32 bits per heavy atom. The van der Waals surface area contributed by atoms with Crippen LogP contribution in [0.2, 0.25) is 0 Å². The Kier molecular flexibility index (Phi) is 11.9. The highest BCUT2D eigenvalue weighted by Gasteiger charge is 2.26. The molecule has 2 amide bonds. The van der Waals surface area contributed by atoms with Crippen LogP contribution in [0.3, 0.4) is 0 Å². The molecule has 0 aliphatic carbocycles. The highest BCUT2D eigenvalue weighted by atomic mass is 32.2. The number of nitrogens with zero attached hydrogens (tertiary/aromatic N) is 2. The third kappa shape index (κ3) is 9.51. The van der Waals surface area contributed by atoms with Crippen LogP contribution in [-0.2, 0) is 16.4 Å². The van der Waals surface area contributed by atoms with Crippen molar-refractivity contribution in [3.8, 4) is 0 Å². The van der Waals surface area contributed by atoms with Gasteiger partial charge in [0.1, 0.15) is 0 Å². The van der Waals surface area contributed by atoms with Gasteiger partial charge in [0.15, 0.2) is 0 Å². The Morgan fingerprint density at radius 3 is 1.89 bits per heavy atom. The van der Waals surface area contributed by atoms with E-state index in [1.54, 1.807) is 11.9 Å². The zero-order valence-corrected chi connectivity index (χ0v) is 28.3. The lowest BCUT2D eigenvalue weighted by Crippen LogP contribution is -2.49. The van der Waals surface area contributed by atoms with E-state index in [-0.39, 0.29) is 41.3 Å². The van der Waals surface area contributed by atoms with Gasteiger partial charge in [0.25, 0.3) is 11.8 Å². The third-order valence-electron chi connectivity index (χ3n) is 8.48. The molecule has 0 bridgehead atoms. The number of anilines is 1. The number of aliphatic hydroxyl groups excluding tert-OH is 1. The smallest absolute Gasteiger partial charge is 0.254 e. The number of aliphatic hydroxyl groups is 1. The summed E-state index contributed by atoms with van der Waals surface area (Å²) in [7, 11) is -0.665. The molecule has 3 N–H and O–H groups in total. The van der Waals surface area contributed by atoms with Gasteiger partial charge in [0, 0.05) is 37.8 Å². The Hall–Kier alpha value is -4.51. The summed E-state index contributed by atoms with van der Waals surface area (Å²) >= 11 is 0. The first-order valence-electron chi connectivity index (χ1n) is 15.6. The van der Waals surface area contributed by atoms with Crippen molar-refractivity contribution in [1.29, 1.82) is 0 Å².